The summed E-state index contributed by atoms with van der Waals surface area (Å²) in [5.41, 5.74) is 4.24. The van der Waals surface area contributed by atoms with E-state index in [1.54, 1.807) is 7.11 Å². The number of rotatable bonds is 4. The van der Waals surface area contributed by atoms with Crippen LogP contribution in [0.1, 0.15) is 46.5 Å². The topological polar surface area (TPSA) is 54.0 Å². The summed E-state index contributed by atoms with van der Waals surface area (Å²) in [4.78, 5) is 13.5. The highest BCUT2D eigenvalue weighted by atomic mass is 16.7. The van der Waals surface area contributed by atoms with Gasteiger partial charge >= 0.3 is 0 Å². The van der Waals surface area contributed by atoms with Crippen LogP contribution in [0.15, 0.2) is 34.1 Å². The van der Waals surface area contributed by atoms with E-state index in [0.717, 1.165) is 54.8 Å². The van der Waals surface area contributed by atoms with E-state index in [2.05, 4.69) is 6.92 Å². The van der Waals surface area contributed by atoms with Gasteiger partial charge in [0.1, 0.15) is 5.76 Å². The molecule has 0 bridgehead atoms. The summed E-state index contributed by atoms with van der Waals surface area (Å²) in [5.74, 6) is 0.308. The molecule has 3 unspecified atom stereocenters. The van der Waals surface area contributed by atoms with Gasteiger partial charge in [0.2, 0.25) is 0 Å². The molecule has 4 aliphatic rings. The molecule has 1 saturated carbocycles. The summed E-state index contributed by atoms with van der Waals surface area (Å²) in [5, 5.41) is 0. The summed E-state index contributed by atoms with van der Waals surface area (Å²) in [6.45, 7) is 7.50. The Morgan fingerprint density at radius 3 is 2.81 bits per heavy atom. The molecule has 0 aromatic heterocycles. The van der Waals surface area contributed by atoms with Gasteiger partial charge in [0, 0.05) is 18.1 Å². The lowest BCUT2D eigenvalue weighted by molar-refractivity contribution is -0.200. The highest BCUT2D eigenvalue weighted by Gasteiger charge is 2.51. The number of Topliss-reactive ketones (excluding diaryl/α,β-unsaturated/α-hetero) is 1. The third kappa shape index (κ3) is 3.20. The molecule has 0 N–H and O–H groups in total. The van der Waals surface area contributed by atoms with Crippen molar-refractivity contribution in [2.24, 2.45) is 11.8 Å². The molecule has 4 rings (SSSR count). The Morgan fingerprint density at radius 2 is 2.07 bits per heavy atom. The Kier molecular flexibility index (Phi) is 5.04. The van der Waals surface area contributed by atoms with Crippen LogP contribution in [0.4, 0.5) is 0 Å². The van der Waals surface area contributed by atoms with Crippen molar-refractivity contribution in [1.82, 2.24) is 0 Å². The van der Waals surface area contributed by atoms with Crippen LogP contribution < -0.4 is 0 Å². The lowest BCUT2D eigenvalue weighted by Crippen LogP contribution is -2.40. The predicted octanol–water partition coefficient (Wildman–Crippen LogP) is 3.70. The van der Waals surface area contributed by atoms with E-state index < -0.39 is 5.79 Å². The minimum absolute atomic E-state index is 0.0807. The summed E-state index contributed by atoms with van der Waals surface area (Å²) >= 11 is 0. The lowest BCUT2D eigenvalue weighted by Gasteiger charge is -2.41. The van der Waals surface area contributed by atoms with E-state index in [0.29, 0.717) is 19.1 Å². The van der Waals surface area contributed by atoms with Crippen LogP contribution in [0.2, 0.25) is 0 Å². The van der Waals surface area contributed by atoms with Gasteiger partial charge in [-0.2, -0.15) is 0 Å². The van der Waals surface area contributed by atoms with Gasteiger partial charge in [-0.05, 0) is 55.9 Å². The smallest absolute Gasteiger partial charge is 0.168 e. The molecule has 5 heteroatoms. The molecule has 0 aromatic carbocycles. The average molecular weight is 374 g/mol. The molecule has 27 heavy (non-hydrogen) atoms. The van der Waals surface area contributed by atoms with Gasteiger partial charge in [-0.25, -0.2) is 0 Å². The Labute approximate surface area is 161 Å². The number of carbonyl (C=O) groups is 1. The predicted molar refractivity (Wildman–Crippen MR) is 101 cm³/mol. The Hall–Kier alpha value is -1.43. The van der Waals surface area contributed by atoms with Crippen LogP contribution in [0.3, 0.4) is 0 Å². The fraction of sp³-hybridized carbons (Fsp3) is 0.682. The molecular formula is C22H30O5. The maximum absolute atomic E-state index is 13.5. The second-order valence-electron chi connectivity index (χ2n) is 8.30. The zero-order valence-electron chi connectivity index (χ0n) is 16.8. The Balaban J connectivity index is 1.85. The zero-order valence-corrected chi connectivity index (χ0v) is 16.8. The maximum Gasteiger partial charge on any atom is 0.168 e. The van der Waals surface area contributed by atoms with Crippen molar-refractivity contribution in [3.63, 3.8) is 0 Å². The van der Waals surface area contributed by atoms with Crippen LogP contribution in [-0.2, 0) is 23.7 Å². The average Bonchev–Trinajstić information content (AvgIpc) is 2.96. The van der Waals surface area contributed by atoms with Crippen molar-refractivity contribution in [1.29, 1.82) is 0 Å². The van der Waals surface area contributed by atoms with E-state index in [1.165, 1.54) is 5.57 Å². The van der Waals surface area contributed by atoms with E-state index in [1.807, 2.05) is 19.9 Å². The largest absolute Gasteiger partial charge is 0.496 e. The molecule has 2 aliphatic carbocycles. The fourth-order valence-corrected chi connectivity index (χ4v) is 4.65. The third-order valence-electron chi connectivity index (χ3n) is 6.20. The standard InChI is InChI=1S/C22H30O5/c1-5-6-7-13-10-17(24-4)19-18(14-8-9-25-21(14)19)15-11-26-22(2,3)27-12-16(15)20(13)23/h10,14,16,21H,5-9,11-12H2,1-4H3/b13-10-,18-15-,19-17-. The summed E-state index contributed by atoms with van der Waals surface area (Å²) in [7, 11) is 1.68. The number of hydrogen-bond donors (Lipinski definition) is 0. The van der Waals surface area contributed by atoms with Gasteiger partial charge in [0.15, 0.2) is 11.6 Å². The number of carbonyl (C=O) groups excluding carboxylic acids is 1. The summed E-state index contributed by atoms with van der Waals surface area (Å²) < 4.78 is 23.7. The molecule has 0 spiro atoms. The number of allylic oxidation sites excluding steroid dienone is 2. The minimum Gasteiger partial charge on any atom is -0.496 e. The summed E-state index contributed by atoms with van der Waals surface area (Å²) in [6.07, 6.45) is 5.81. The molecule has 5 nitrogen and oxygen atoms in total. The second-order valence-corrected chi connectivity index (χ2v) is 8.30. The first-order valence-electron chi connectivity index (χ1n) is 10.1. The highest BCUT2D eigenvalue weighted by Crippen LogP contribution is 2.53. The number of unbranched alkanes of at least 4 members (excludes halogenated alkanes) is 1. The van der Waals surface area contributed by atoms with E-state index in [-0.39, 0.29) is 17.8 Å². The van der Waals surface area contributed by atoms with Gasteiger partial charge in [0.25, 0.3) is 0 Å². The van der Waals surface area contributed by atoms with Crippen molar-refractivity contribution in [2.45, 2.75) is 58.3 Å². The molecule has 0 radical (unpaired) electrons. The normalized spacial score (nSPS) is 39.8. The monoisotopic (exact) mass is 374 g/mol. The molecule has 2 heterocycles. The molecule has 0 aromatic rings. The van der Waals surface area contributed by atoms with Crippen molar-refractivity contribution in [3.8, 4) is 0 Å². The van der Waals surface area contributed by atoms with Crippen LogP contribution in [0.25, 0.3) is 0 Å². The van der Waals surface area contributed by atoms with E-state index in [4.69, 9.17) is 18.9 Å². The van der Waals surface area contributed by atoms with Gasteiger partial charge in [-0.3, -0.25) is 4.79 Å². The van der Waals surface area contributed by atoms with Crippen molar-refractivity contribution >= 4 is 5.78 Å². The molecule has 148 valence electrons. The quantitative estimate of drug-likeness (QED) is 0.751. The minimum atomic E-state index is -0.689. The van der Waals surface area contributed by atoms with Gasteiger partial charge in [0.05, 0.1) is 32.3 Å². The van der Waals surface area contributed by atoms with Crippen molar-refractivity contribution in [3.05, 3.63) is 34.1 Å². The lowest BCUT2D eigenvalue weighted by atomic mass is 9.65. The molecule has 3 fully saturated rings. The number of hydrogen-bond acceptors (Lipinski definition) is 5. The molecule has 3 atom stereocenters. The molecular weight excluding hydrogens is 344 g/mol. The fourth-order valence-electron chi connectivity index (χ4n) is 4.65. The summed E-state index contributed by atoms with van der Waals surface area (Å²) in [6, 6.07) is 0. The van der Waals surface area contributed by atoms with Crippen molar-refractivity contribution in [2.75, 3.05) is 26.9 Å². The van der Waals surface area contributed by atoms with Gasteiger partial charge < -0.3 is 18.9 Å². The first kappa shape index (κ1) is 18.9. The van der Waals surface area contributed by atoms with E-state index in [9.17, 15) is 4.79 Å². The number of methoxy groups -OCH3 is 1. The number of ether oxygens (including phenoxy) is 4. The second kappa shape index (κ2) is 7.19. The Bertz CT molecular complexity index is 727. The number of fused-ring (bicyclic) bond motifs is 5. The first-order valence-corrected chi connectivity index (χ1v) is 10.1. The van der Waals surface area contributed by atoms with Crippen LogP contribution in [0.5, 0.6) is 0 Å². The van der Waals surface area contributed by atoms with Crippen LogP contribution >= 0.6 is 0 Å². The molecule has 0 amide bonds. The highest BCUT2D eigenvalue weighted by molar-refractivity contribution is 6.00. The van der Waals surface area contributed by atoms with Crippen LogP contribution in [0, 0.1) is 11.8 Å². The van der Waals surface area contributed by atoms with Gasteiger partial charge in [-0.15, -0.1) is 0 Å². The van der Waals surface area contributed by atoms with Gasteiger partial charge in [-0.1, -0.05) is 13.3 Å². The molecule has 2 aliphatic heterocycles. The Morgan fingerprint density at radius 1 is 1.26 bits per heavy atom. The first-order chi connectivity index (χ1) is 13.0. The molecule has 2 saturated heterocycles. The number of ketones is 1. The van der Waals surface area contributed by atoms with E-state index >= 15 is 0 Å². The SMILES string of the molecule is CCCC/C1=C/C(OC)=C2\C(=C3\COC(C)(C)OCC3C1=O)C1CCOC21. The zero-order chi connectivity index (χ0) is 19.2. The third-order valence-corrected chi connectivity index (χ3v) is 6.20. The van der Waals surface area contributed by atoms with Crippen LogP contribution in [-0.4, -0.2) is 44.6 Å². The maximum atomic E-state index is 13.5. The van der Waals surface area contributed by atoms with Crippen molar-refractivity contribution < 1.29 is 23.7 Å².